The molecular formula is C17H23ClN4O2. The molecular weight excluding hydrogens is 328 g/mol. The van der Waals surface area contributed by atoms with E-state index in [1.54, 1.807) is 6.20 Å². The molecule has 7 heteroatoms. The number of rotatable bonds is 5. The van der Waals surface area contributed by atoms with Crippen molar-refractivity contribution in [2.75, 3.05) is 19.7 Å². The molecule has 2 N–H and O–H groups in total. The van der Waals surface area contributed by atoms with Crippen molar-refractivity contribution in [1.29, 1.82) is 0 Å². The Balaban J connectivity index is 0.00000208. The van der Waals surface area contributed by atoms with Gasteiger partial charge in [0.1, 0.15) is 6.04 Å². The van der Waals surface area contributed by atoms with Gasteiger partial charge in [0, 0.05) is 25.5 Å². The Bertz CT molecular complexity index is 631. The predicted molar refractivity (Wildman–Crippen MR) is 94.7 cm³/mol. The van der Waals surface area contributed by atoms with Crippen LogP contribution < -0.4 is 10.6 Å². The molecule has 0 bridgehead atoms. The Morgan fingerprint density at radius 3 is 2.88 bits per heavy atom. The topological polar surface area (TPSA) is 68.2 Å². The van der Waals surface area contributed by atoms with Crippen LogP contribution in [0.2, 0.25) is 0 Å². The summed E-state index contributed by atoms with van der Waals surface area (Å²) in [6.07, 6.45) is 4.38. The summed E-state index contributed by atoms with van der Waals surface area (Å²) in [5, 5.41) is 10.4. The lowest BCUT2D eigenvalue weighted by atomic mass is 10.1. The van der Waals surface area contributed by atoms with E-state index in [-0.39, 0.29) is 30.5 Å². The number of benzene rings is 1. The van der Waals surface area contributed by atoms with Gasteiger partial charge in [-0.2, -0.15) is 5.10 Å². The van der Waals surface area contributed by atoms with Gasteiger partial charge in [0.2, 0.25) is 5.91 Å². The number of nitrogens with zero attached hydrogens (tertiary/aromatic N) is 2. The van der Waals surface area contributed by atoms with Crippen molar-refractivity contribution in [3.8, 4) is 5.69 Å². The van der Waals surface area contributed by atoms with Gasteiger partial charge in [0.05, 0.1) is 18.4 Å². The zero-order valence-electron chi connectivity index (χ0n) is 13.6. The molecule has 0 aliphatic carbocycles. The molecule has 2 atom stereocenters. The van der Waals surface area contributed by atoms with Crippen LogP contribution in [-0.2, 0) is 16.0 Å². The fraction of sp³-hybridized carbons (Fsp3) is 0.412. The first-order valence-electron chi connectivity index (χ1n) is 7.96. The number of morpholine rings is 1. The minimum Gasteiger partial charge on any atom is -0.375 e. The molecule has 0 saturated carbocycles. The first kappa shape index (κ1) is 18.4. The van der Waals surface area contributed by atoms with Gasteiger partial charge in [-0.25, -0.2) is 4.68 Å². The maximum Gasteiger partial charge on any atom is 0.239 e. The van der Waals surface area contributed by atoms with Crippen molar-refractivity contribution >= 4 is 18.3 Å². The molecule has 2 heterocycles. The molecule has 0 unspecified atom stereocenters. The largest absolute Gasteiger partial charge is 0.375 e. The number of carbonyl (C=O) groups is 1. The van der Waals surface area contributed by atoms with Crippen LogP contribution in [0.4, 0.5) is 0 Å². The number of halogens is 1. The first-order valence-corrected chi connectivity index (χ1v) is 7.96. The molecule has 1 aromatic heterocycles. The van der Waals surface area contributed by atoms with Crippen molar-refractivity contribution in [3.63, 3.8) is 0 Å². The normalized spacial score (nSPS) is 20.2. The summed E-state index contributed by atoms with van der Waals surface area (Å²) in [5.74, 6) is 0.00496. The third-order valence-corrected chi connectivity index (χ3v) is 4.02. The molecule has 1 aromatic carbocycles. The number of hydrogen-bond donors (Lipinski definition) is 2. The lowest BCUT2D eigenvalue weighted by Crippen LogP contribution is -2.55. The van der Waals surface area contributed by atoms with Crippen molar-refractivity contribution in [2.45, 2.75) is 25.5 Å². The van der Waals surface area contributed by atoms with E-state index in [1.807, 2.05) is 36.0 Å². The monoisotopic (exact) mass is 350 g/mol. The standard InChI is InChI=1S/C17H22N4O2.ClH/c1-13-16(18-10-12-23-13)17(22)19-9-7-14-3-5-15(6-4-14)21-11-2-8-20-21;/h2-6,8,11,13,16,18H,7,9-10,12H2,1H3,(H,19,22);1H/t13-,16+;/m1./s1. The van der Waals surface area contributed by atoms with Crippen molar-refractivity contribution in [3.05, 3.63) is 48.3 Å². The van der Waals surface area contributed by atoms with Crippen molar-refractivity contribution in [2.24, 2.45) is 0 Å². The van der Waals surface area contributed by atoms with Crippen LogP contribution in [0.1, 0.15) is 12.5 Å². The second-order valence-corrected chi connectivity index (χ2v) is 5.67. The maximum atomic E-state index is 12.1. The zero-order chi connectivity index (χ0) is 16.1. The Labute approximate surface area is 148 Å². The third kappa shape index (κ3) is 4.56. The summed E-state index contributed by atoms with van der Waals surface area (Å²) < 4.78 is 7.31. The van der Waals surface area contributed by atoms with E-state index in [4.69, 9.17) is 4.74 Å². The lowest BCUT2D eigenvalue weighted by molar-refractivity contribution is -0.128. The molecule has 2 aromatic rings. The number of ether oxygens (including phenoxy) is 1. The van der Waals surface area contributed by atoms with Gasteiger partial charge in [-0.05, 0) is 37.1 Å². The highest BCUT2D eigenvalue weighted by atomic mass is 35.5. The van der Waals surface area contributed by atoms with E-state index in [0.29, 0.717) is 13.2 Å². The van der Waals surface area contributed by atoms with Gasteiger partial charge in [0.25, 0.3) is 0 Å². The average Bonchev–Trinajstić information content (AvgIpc) is 3.10. The molecule has 24 heavy (non-hydrogen) atoms. The second-order valence-electron chi connectivity index (χ2n) is 5.67. The maximum absolute atomic E-state index is 12.1. The molecule has 1 amide bonds. The lowest BCUT2D eigenvalue weighted by Gasteiger charge is -2.29. The molecule has 0 radical (unpaired) electrons. The van der Waals surface area contributed by atoms with E-state index < -0.39 is 0 Å². The van der Waals surface area contributed by atoms with Gasteiger partial charge in [-0.1, -0.05) is 12.1 Å². The average molecular weight is 351 g/mol. The van der Waals surface area contributed by atoms with Crippen LogP contribution in [0.25, 0.3) is 5.69 Å². The molecule has 6 nitrogen and oxygen atoms in total. The summed E-state index contributed by atoms with van der Waals surface area (Å²) in [4.78, 5) is 12.1. The van der Waals surface area contributed by atoms with E-state index >= 15 is 0 Å². The van der Waals surface area contributed by atoms with Crippen LogP contribution in [0.15, 0.2) is 42.7 Å². The van der Waals surface area contributed by atoms with Gasteiger partial charge >= 0.3 is 0 Å². The minimum atomic E-state index is -0.258. The van der Waals surface area contributed by atoms with Gasteiger partial charge in [-0.15, -0.1) is 12.4 Å². The van der Waals surface area contributed by atoms with Crippen LogP contribution in [0.3, 0.4) is 0 Å². The summed E-state index contributed by atoms with van der Waals surface area (Å²) in [5.41, 5.74) is 2.21. The highest BCUT2D eigenvalue weighted by Crippen LogP contribution is 2.09. The Morgan fingerprint density at radius 2 is 2.21 bits per heavy atom. The highest BCUT2D eigenvalue weighted by Gasteiger charge is 2.27. The minimum absolute atomic E-state index is 0. The Kier molecular flexibility index (Phi) is 6.78. The Hall–Kier alpha value is -1.89. The smallest absolute Gasteiger partial charge is 0.239 e. The number of hydrogen-bond acceptors (Lipinski definition) is 4. The molecule has 0 spiro atoms. The summed E-state index contributed by atoms with van der Waals surface area (Å²) in [7, 11) is 0. The number of amides is 1. The van der Waals surface area contributed by atoms with Crippen molar-refractivity contribution in [1.82, 2.24) is 20.4 Å². The second kappa shape index (κ2) is 8.82. The van der Waals surface area contributed by atoms with Gasteiger partial charge < -0.3 is 15.4 Å². The number of nitrogens with one attached hydrogen (secondary N) is 2. The summed E-state index contributed by atoms with van der Waals surface area (Å²) >= 11 is 0. The molecule has 1 aliphatic heterocycles. The summed E-state index contributed by atoms with van der Waals surface area (Å²) in [6.45, 7) is 3.92. The van der Waals surface area contributed by atoms with E-state index in [1.165, 1.54) is 5.56 Å². The number of carbonyl (C=O) groups excluding carboxylic acids is 1. The fourth-order valence-electron chi connectivity index (χ4n) is 2.70. The van der Waals surface area contributed by atoms with Crippen LogP contribution in [0.5, 0.6) is 0 Å². The van der Waals surface area contributed by atoms with Crippen molar-refractivity contribution < 1.29 is 9.53 Å². The van der Waals surface area contributed by atoms with Crippen LogP contribution >= 0.6 is 12.4 Å². The SMILES string of the molecule is C[C@H]1OCCN[C@@H]1C(=O)NCCc1ccc(-n2cccn2)cc1.Cl. The van der Waals surface area contributed by atoms with E-state index in [9.17, 15) is 4.79 Å². The molecule has 1 fully saturated rings. The summed E-state index contributed by atoms with van der Waals surface area (Å²) in [6, 6.07) is 9.83. The first-order chi connectivity index (χ1) is 11.2. The third-order valence-electron chi connectivity index (χ3n) is 4.02. The van der Waals surface area contributed by atoms with E-state index in [2.05, 4.69) is 27.9 Å². The molecule has 130 valence electrons. The zero-order valence-corrected chi connectivity index (χ0v) is 14.5. The van der Waals surface area contributed by atoms with Crippen LogP contribution in [0, 0.1) is 0 Å². The van der Waals surface area contributed by atoms with Crippen LogP contribution in [-0.4, -0.2) is 47.5 Å². The number of aromatic nitrogens is 2. The van der Waals surface area contributed by atoms with Gasteiger partial charge in [0.15, 0.2) is 0 Å². The molecule has 1 aliphatic rings. The quantitative estimate of drug-likeness (QED) is 0.853. The highest BCUT2D eigenvalue weighted by molar-refractivity contribution is 5.85. The van der Waals surface area contributed by atoms with Gasteiger partial charge in [-0.3, -0.25) is 4.79 Å². The molecule has 3 rings (SSSR count). The fourth-order valence-corrected chi connectivity index (χ4v) is 2.70. The molecule has 1 saturated heterocycles. The predicted octanol–water partition coefficient (Wildman–Crippen LogP) is 1.33. The van der Waals surface area contributed by atoms with E-state index in [0.717, 1.165) is 18.7 Å². The Morgan fingerprint density at radius 1 is 1.42 bits per heavy atom.